The van der Waals surface area contributed by atoms with Crippen molar-refractivity contribution in [3.8, 4) is 0 Å². The molecule has 0 saturated carbocycles. The van der Waals surface area contributed by atoms with Gasteiger partial charge in [-0.05, 0) is 35.4 Å². The van der Waals surface area contributed by atoms with Gasteiger partial charge in [0.05, 0.1) is 12.8 Å². The largest absolute Gasteiger partial charge is 0.459 e. The molecule has 0 bridgehead atoms. The minimum atomic E-state index is -0.816. The van der Waals surface area contributed by atoms with Crippen molar-refractivity contribution in [3.05, 3.63) is 95.4 Å². The molecular weight excluding hydrogens is 424 g/mol. The van der Waals surface area contributed by atoms with Crippen LogP contribution in [-0.4, -0.2) is 36.2 Å². The van der Waals surface area contributed by atoms with Crippen LogP contribution < -0.4 is 21.7 Å². The summed E-state index contributed by atoms with van der Waals surface area (Å²) < 4.78 is 5.11. The van der Waals surface area contributed by atoms with E-state index in [4.69, 9.17) is 10.2 Å². The Hall–Kier alpha value is -4.40. The first-order valence-electron chi connectivity index (χ1n) is 10.2. The highest BCUT2D eigenvalue weighted by molar-refractivity contribution is 5.96. The summed E-state index contributed by atoms with van der Waals surface area (Å²) in [5, 5.41) is 7.93. The van der Waals surface area contributed by atoms with E-state index < -0.39 is 23.8 Å². The van der Waals surface area contributed by atoms with E-state index in [0.29, 0.717) is 12.0 Å². The third-order valence-corrected chi connectivity index (χ3v) is 4.76. The van der Waals surface area contributed by atoms with Crippen molar-refractivity contribution < 1.29 is 23.6 Å². The van der Waals surface area contributed by atoms with Crippen LogP contribution in [0, 0.1) is 0 Å². The van der Waals surface area contributed by atoms with Crippen molar-refractivity contribution in [3.63, 3.8) is 0 Å². The lowest BCUT2D eigenvalue weighted by molar-refractivity contribution is -0.123. The van der Waals surface area contributed by atoms with Crippen LogP contribution in [0.25, 0.3) is 0 Å². The van der Waals surface area contributed by atoms with E-state index in [2.05, 4.69) is 16.0 Å². The van der Waals surface area contributed by atoms with E-state index in [9.17, 15) is 19.2 Å². The predicted octanol–water partition coefficient (Wildman–Crippen LogP) is 1.15. The highest BCUT2D eigenvalue weighted by Gasteiger charge is 2.23. The lowest BCUT2D eigenvalue weighted by atomic mass is 10.0. The molecule has 1 unspecified atom stereocenters. The first-order valence-corrected chi connectivity index (χ1v) is 10.2. The normalized spacial score (nSPS) is 11.3. The number of primary amides is 1. The molecule has 0 fully saturated rings. The maximum atomic E-state index is 12.9. The molecule has 1 heterocycles. The predicted molar refractivity (Wildman–Crippen MR) is 120 cm³/mol. The van der Waals surface area contributed by atoms with Crippen LogP contribution in [0.4, 0.5) is 0 Å². The summed E-state index contributed by atoms with van der Waals surface area (Å²) in [6, 6.07) is 18.2. The van der Waals surface area contributed by atoms with Gasteiger partial charge in [0, 0.05) is 18.5 Å². The first kappa shape index (κ1) is 23.3. The molecule has 0 radical (unpaired) electrons. The number of carbonyl (C=O) groups excluding carboxylic acids is 4. The van der Waals surface area contributed by atoms with Crippen molar-refractivity contribution in [2.45, 2.75) is 19.0 Å². The van der Waals surface area contributed by atoms with Gasteiger partial charge in [0.2, 0.25) is 11.8 Å². The second kappa shape index (κ2) is 11.3. The van der Waals surface area contributed by atoms with Gasteiger partial charge in [-0.25, -0.2) is 0 Å². The summed E-state index contributed by atoms with van der Waals surface area (Å²) in [5.74, 6) is -1.78. The number of nitrogens with two attached hydrogens (primary N) is 1. The lowest BCUT2D eigenvalue weighted by Gasteiger charge is -2.18. The van der Waals surface area contributed by atoms with Gasteiger partial charge >= 0.3 is 0 Å². The highest BCUT2D eigenvalue weighted by Crippen LogP contribution is 2.08. The zero-order valence-electron chi connectivity index (χ0n) is 17.7. The maximum Gasteiger partial charge on any atom is 0.287 e. The standard InChI is InChI=1S/C24H24N4O5/c25-21(29)15-27-22(30)18-10-8-17(9-11-18)14-26-23(31)19(13-16-5-2-1-3-6-16)28-24(32)20-7-4-12-33-20/h1-12,19H,13-15H2,(H2,25,29)(H,26,31)(H,27,30)(H,28,32). The molecule has 1 aromatic heterocycles. The molecule has 5 N–H and O–H groups in total. The minimum absolute atomic E-state index is 0.117. The molecule has 9 nitrogen and oxygen atoms in total. The van der Waals surface area contributed by atoms with Crippen LogP contribution in [0.5, 0.6) is 0 Å². The number of carbonyl (C=O) groups is 4. The van der Waals surface area contributed by atoms with E-state index in [1.165, 1.54) is 12.3 Å². The van der Waals surface area contributed by atoms with Gasteiger partial charge in [0.15, 0.2) is 5.76 Å². The Morgan fingerprint density at radius 1 is 0.818 bits per heavy atom. The van der Waals surface area contributed by atoms with Gasteiger partial charge in [-0.15, -0.1) is 0 Å². The van der Waals surface area contributed by atoms with E-state index in [1.54, 1.807) is 30.3 Å². The van der Waals surface area contributed by atoms with E-state index in [-0.39, 0.29) is 24.8 Å². The summed E-state index contributed by atoms with van der Waals surface area (Å²) in [4.78, 5) is 48.0. The van der Waals surface area contributed by atoms with E-state index >= 15 is 0 Å². The van der Waals surface area contributed by atoms with Crippen LogP contribution in [0.15, 0.2) is 77.4 Å². The highest BCUT2D eigenvalue weighted by atomic mass is 16.3. The molecule has 0 spiro atoms. The summed E-state index contributed by atoms with van der Waals surface area (Å²) >= 11 is 0. The van der Waals surface area contributed by atoms with Crippen LogP contribution in [0.3, 0.4) is 0 Å². The third kappa shape index (κ3) is 7.06. The fraction of sp³-hybridized carbons (Fsp3) is 0.167. The van der Waals surface area contributed by atoms with Crippen molar-refractivity contribution in [2.75, 3.05) is 6.54 Å². The number of hydrogen-bond acceptors (Lipinski definition) is 5. The van der Waals surface area contributed by atoms with Crippen LogP contribution >= 0.6 is 0 Å². The van der Waals surface area contributed by atoms with Crippen molar-refractivity contribution in [2.24, 2.45) is 5.73 Å². The first-order chi connectivity index (χ1) is 15.9. The average Bonchev–Trinajstić information content (AvgIpc) is 3.37. The second-order valence-electron chi connectivity index (χ2n) is 7.26. The molecule has 0 saturated heterocycles. The molecule has 170 valence electrons. The Morgan fingerprint density at radius 3 is 2.18 bits per heavy atom. The Balaban J connectivity index is 1.61. The molecule has 33 heavy (non-hydrogen) atoms. The molecule has 1 atom stereocenters. The number of hydrogen-bond donors (Lipinski definition) is 4. The number of furan rings is 1. The summed E-state index contributed by atoms with van der Waals surface area (Å²) in [6.07, 6.45) is 1.69. The van der Waals surface area contributed by atoms with Gasteiger partial charge in [-0.3, -0.25) is 19.2 Å². The lowest BCUT2D eigenvalue weighted by Crippen LogP contribution is -2.47. The number of amides is 4. The van der Waals surface area contributed by atoms with Crippen molar-refractivity contribution in [1.29, 1.82) is 0 Å². The summed E-state index contributed by atoms with van der Waals surface area (Å²) in [7, 11) is 0. The van der Waals surface area contributed by atoms with Gasteiger partial charge in [-0.2, -0.15) is 0 Å². The van der Waals surface area contributed by atoms with Gasteiger partial charge < -0.3 is 26.1 Å². The molecule has 9 heteroatoms. The molecule has 0 aliphatic rings. The van der Waals surface area contributed by atoms with E-state index in [0.717, 1.165) is 11.1 Å². The van der Waals surface area contributed by atoms with Gasteiger partial charge in [-0.1, -0.05) is 42.5 Å². The smallest absolute Gasteiger partial charge is 0.287 e. The third-order valence-electron chi connectivity index (χ3n) is 4.76. The Morgan fingerprint density at radius 2 is 1.55 bits per heavy atom. The topological polar surface area (TPSA) is 144 Å². The minimum Gasteiger partial charge on any atom is -0.459 e. The average molecular weight is 448 g/mol. The summed E-state index contributed by atoms with van der Waals surface area (Å²) in [5.41, 5.74) is 7.02. The van der Waals surface area contributed by atoms with Crippen molar-refractivity contribution in [1.82, 2.24) is 16.0 Å². The SMILES string of the molecule is NC(=O)CNC(=O)c1ccc(CNC(=O)C(Cc2ccccc2)NC(=O)c2ccco2)cc1. The summed E-state index contributed by atoms with van der Waals surface area (Å²) in [6.45, 7) is -0.0485. The van der Waals surface area contributed by atoms with Gasteiger partial charge in [0.1, 0.15) is 6.04 Å². The maximum absolute atomic E-state index is 12.9. The second-order valence-corrected chi connectivity index (χ2v) is 7.26. The number of benzene rings is 2. The van der Waals surface area contributed by atoms with Crippen molar-refractivity contribution >= 4 is 23.6 Å². The molecule has 2 aromatic carbocycles. The molecular formula is C24H24N4O5. The number of nitrogens with one attached hydrogen (secondary N) is 3. The Bertz CT molecular complexity index is 1100. The zero-order valence-corrected chi connectivity index (χ0v) is 17.7. The van der Waals surface area contributed by atoms with E-state index in [1.807, 2.05) is 30.3 Å². The molecule has 3 rings (SSSR count). The zero-order chi connectivity index (χ0) is 23.6. The number of rotatable bonds is 10. The Kier molecular flexibility index (Phi) is 7.96. The Labute approximate surface area is 190 Å². The van der Waals surface area contributed by atoms with Crippen LogP contribution in [0.1, 0.15) is 32.0 Å². The molecule has 0 aliphatic heterocycles. The molecule has 0 aliphatic carbocycles. The fourth-order valence-electron chi connectivity index (χ4n) is 3.05. The quantitative estimate of drug-likeness (QED) is 0.368. The monoisotopic (exact) mass is 448 g/mol. The van der Waals surface area contributed by atoms with Crippen LogP contribution in [0.2, 0.25) is 0 Å². The molecule has 3 aromatic rings. The fourth-order valence-corrected chi connectivity index (χ4v) is 3.05. The van der Waals surface area contributed by atoms with Crippen LogP contribution in [-0.2, 0) is 22.6 Å². The molecule has 4 amide bonds. The van der Waals surface area contributed by atoms with Gasteiger partial charge in [0.25, 0.3) is 11.8 Å².